The van der Waals surface area contributed by atoms with Crippen molar-refractivity contribution in [2.24, 2.45) is 11.8 Å². The van der Waals surface area contributed by atoms with Gasteiger partial charge >= 0.3 is 18.2 Å². The number of carboxylic acids is 1. The number of alkyl halides is 3. The highest BCUT2D eigenvalue weighted by molar-refractivity contribution is 7.93. The third kappa shape index (κ3) is 5.21. The van der Waals surface area contributed by atoms with Crippen LogP contribution in [-0.2, 0) is 26.1 Å². The highest BCUT2D eigenvalue weighted by Gasteiger charge is 2.53. The quantitative estimate of drug-likeness (QED) is 0.498. The van der Waals surface area contributed by atoms with Gasteiger partial charge in [-0.15, -0.1) is 0 Å². The second-order valence-corrected chi connectivity index (χ2v) is 11.6. The molecular formula is C22H24ClF3N4O7S. The molecule has 2 N–H and O–H groups in total. The molecule has 1 aromatic carbocycles. The largest absolute Gasteiger partial charge is 0.486 e. The molecule has 4 rings (SSSR count). The third-order valence-corrected chi connectivity index (χ3v) is 8.51. The van der Waals surface area contributed by atoms with Crippen molar-refractivity contribution in [2.75, 3.05) is 16.2 Å². The average molecular weight is 581 g/mol. The van der Waals surface area contributed by atoms with Crippen molar-refractivity contribution in [1.82, 2.24) is 9.78 Å². The zero-order valence-corrected chi connectivity index (χ0v) is 21.9. The van der Waals surface area contributed by atoms with Gasteiger partial charge in [0, 0.05) is 24.3 Å². The van der Waals surface area contributed by atoms with Crippen molar-refractivity contribution < 1.29 is 45.8 Å². The summed E-state index contributed by atoms with van der Waals surface area (Å²) in [5.74, 6) is -2.09. The molecule has 208 valence electrons. The summed E-state index contributed by atoms with van der Waals surface area (Å²) < 4.78 is 79.4. The fourth-order valence-corrected chi connectivity index (χ4v) is 5.91. The van der Waals surface area contributed by atoms with Crippen LogP contribution in [0.2, 0.25) is 5.15 Å². The van der Waals surface area contributed by atoms with Gasteiger partial charge in [0.15, 0.2) is 5.15 Å². The van der Waals surface area contributed by atoms with Crippen LogP contribution < -0.4 is 14.4 Å². The standard InChI is InChI=1S/C22H24ClF3N4O7S/c1-4-29-10-17(18(23)28-29)38(34,35)30-9-16(12-8-13(12)19(31)32)36-15-6-5-11(7-14(15)30)27-20(33)37-21(2,3)22(24,25)26/h5-7,10,12-13,16H,4,8-9H2,1-3H3,(H,27,33)(H,31,32)/t12-,13+,16-/m1/s1. The number of amides is 1. The van der Waals surface area contributed by atoms with E-state index in [0.29, 0.717) is 26.8 Å². The highest BCUT2D eigenvalue weighted by atomic mass is 35.5. The molecule has 16 heteroatoms. The Morgan fingerprint density at radius 2 is 2.00 bits per heavy atom. The zero-order chi connectivity index (χ0) is 28.2. The molecule has 1 aliphatic heterocycles. The molecule has 2 aliphatic rings. The first-order valence-corrected chi connectivity index (χ1v) is 13.2. The van der Waals surface area contributed by atoms with Gasteiger partial charge < -0.3 is 14.6 Å². The molecule has 38 heavy (non-hydrogen) atoms. The molecular weight excluding hydrogens is 557 g/mol. The summed E-state index contributed by atoms with van der Waals surface area (Å²) in [7, 11) is -4.37. The first-order chi connectivity index (χ1) is 17.5. The van der Waals surface area contributed by atoms with Crippen molar-refractivity contribution in [3.8, 4) is 5.75 Å². The molecule has 2 aromatic rings. The lowest BCUT2D eigenvalue weighted by Crippen LogP contribution is -2.45. The number of aliphatic carboxylic acids is 1. The van der Waals surface area contributed by atoms with Gasteiger partial charge in [-0.25, -0.2) is 13.2 Å². The van der Waals surface area contributed by atoms with Crippen LogP contribution in [0.4, 0.5) is 29.3 Å². The molecule has 0 spiro atoms. The normalized spacial score (nSPS) is 21.3. The number of rotatable bonds is 7. The van der Waals surface area contributed by atoms with Crippen molar-refractivity contribution in [2.45, 2.75) is 56.5 Å². The number of halogens is 4. The number of anilines is 2. The molecule has 0 bridgehead atoms. The number of benzene rings is 1. The fraction of sp³-hybridized carbons (Fsp3) is 0.500. The van der Waals surface area contributed by atoms with E-state index >= 15 is 0 Å². The Balaban J connectivity index is 1.68. The van der Waals surface area contributed by atoms with Gasteiger partial charge in [0.25, 0.3) is 10.0 Å². The molecule has 0 saturated heterocycles. The molecule has 1 aromatic heterocycles. The van der Waals surface area contributed by atoms with Crippen molar-refractivity contribution in [3.63, 3.8) is 0 Å². The summed E-state index contributed by atoms with van der Waals surface area (Å²) in [6.45, 7) is 3.17. The van der Waals surface area contributed by atoms with E-state index in [4.69, 9.17) is 16.3 Å². The Morgan fingerprint density at radius 3 is 2.55 bits per heavy atom. The Bertz CT molecular complexity index is 1380. The van der Waals surface area contributed by atoms with Crippen LogP contribution in [0, 0.1) is 11.8 Å². The monoisotopic (exact) mass is 580 g/mol. The second-order valence-electron chi connectivity index (χ2n) is 9.38. The molecule has 1 aliphatic carbocycles. The first-order valence-electron chi connectivity index (χ1n) is 11.4. The Kier molecular flexibility index (Phi) is 6.97. The number of carbonyl (C=O) groups excluding carboxylic acids is 1. The van der Waals surface area contributed by atoms with Gasteiger partial charge in [-0.1, -0.05) is 11.6 Å². The molecule has 0 radical (unpaired) electrons. The predicted molar refractivity (Wildman–Crippen MR) is 128 cm³/mol. The number of sulfonamides is 1. The van der Waals surface area contributed by atoms with Gasteiger partial charge in [0.2, 0.25) is 5.60 Å². The van der Waals surface area contributed by atoms with Crippen LogP contribution in [0.25, 0.3) is 0 Å². The lowest BCUT2D eigenvalue weighted by atomic mass is 10.1. The smallest absolute Gasteiger partial charge is 0.427 e. The number of nitrogens with zero attached hydrogens (tertiary/aromatic N) is 3. The van der Waals surface area contributed by atoms with Gasteiger partial charge in [-0.05, 0) is 45.4 Å². The molecule has 11 nitrogen and oxygen atoms in total. The fourth-order valence-electron chi connectivity index (χ4n) is 3.98. The van der Waals surface area contributed by atoms with Crippen LogP contribution in [0.5, 0.6) is 5.75 Å². The van der Waals surface area contributed by atoms with E-state index in [1.807, 2.05) is 0 Å². The van der Waals surface area contributed by atoms with Gasteiger partial charge in [-0.3, -0.25) is 19.1 Å². The number of carboxylic acid groups (broad SMARTS) is 1. The van der Waals surface area contributed by atoms with Crippen molar-refractivity contribution in [3.05, 3.63) is 29.5 Å². The lowest BCUT2D eigenvalue weighted by Gasteiger charge is -2.36. The molecule has 2 heterocycles. The van der Waals surface area contributed by atoms with Crippen molar-refractivity contribution >= 4 is 45.1 Å². The summed E-state index contributed by atoms with van der Waals surface area (Å²) >= 11 is 6.12. The van der Waals surface area contributed by atoms with E-state index in [-0.39, 0.29) is 33.7 Å². The minimum Gasteiger partial charge on any atom is -0.486 e. The Labute approximate surface area is 220 Å². The van der Waals surface area contributed by atoms with Crippen LogP contribution >= 0.6 is 11.6 Å². The lowest BCUT2D eigenvalue weighted by molar-refractivity contribution is -0.242. The Hall–Kier alpha value is -3.20. The topological polar surface area (TPSA) is 140 Å². The van der Waals surface area contributed by atoms with E-state index in [1.165, 1.54) is 29.1 Å². The van der Waals surface area contributed by atoms with Gasteiger partial charge in [0.1, 0.15) is 16.7 Å². The number of carbonyl (C=O) groups is 2. The predicted octanol–water partition coefficient (Wildman–Crippen LogP) is 4.12. The van der Waals surface area contributed by atoms with E-state index in [1.54, 1.807) is 6.92 Å². The second kappa shape index (κ2) is 9.52. The number of hydrogen-bond donors (Lipinski definition) is 2. The minimum absolute atomic E-state index is 0.0398. The van der Waals surface area contributed by atoms with Crippen LogP contribution in [0.1, 0.15) is 27.2 Å². The summed E-state index contributed by atoms with van der Waals surface area (Å²) in [5.41, 5.74) is -2.89. The minimum atomic E-state index is -4.83. The maximum Gasteiger partial charge on any atom is 0.427 e. The summed E-state index contributed by atoms with van der Waals surface area (Å²) in [6, 6.07) is 3.81. The maximum absolute atomic E-state index is 13.7. The number of aryl methyl sites for hydroxylation is 1. The number of fused-ring (bicyclic) bond motifs is 1. The SMILES string of the molecule is CCn1cc(S(=O)(=O)N2C[C@H]([C@@H]3C[C@@H]3C(=O)O)Oc3ccc(NC(=O)OC(C)(C)C(F)(F)F)cc32)c(Cl)n1. The van der Waals surface area contributed by atoms with Crippen LogP contribution in [0.15, 0.2) is 29.3 Å². The number of ether oxygens (including phenoxy) is 2. The summed E-state index contributed by atoms with van der Waals surface area (Å²) in [4.78, 5) is 23.3. The highest BCUT2D eigenvalue weighted by Crippen LogP contribution is 2.48. The Morgan fingerprint density at radius 1 is 1.32 bits per heavy atom. The summed E-state index contributed by atoms with van der Waals surface area (Å²) in [6.07, 6.45) is -5.48. The molecule has 1 amide bonds. The molecule has 3 atom stereocenters. The van der Waals surface area contributed by atoms with E-state index in [9.17, 15) is 36.3 Å². The average Bonchev–Trinajstić information content (AvgIpc) is 3.52. The number of nitrogens with one attached hydrogen (secondary N) is 1. The van der Waals surface area contributed by atoms with E-state index < -0.39 is 51.8 Å². The van der Waals surface area contributed by atoms with Crippen LogP contribution in [0.3, 0.4) is 0 Å². The number of hydrogen-bond acceptors (Lipinski definition) is 7. The van der Waals surface area contributed by atoms with Gasteiger partial charge in [0.05, 0.1) is 18.2 Å². The molecule has 0 unspecified atom stereocenters. The number of aromatic nitrogens is 2. The maximum atomic E-state index is 13.7. The van der Waals surface area contributed by atoms with Crippen molar-refractivity contribution in [1.29, 1.82) is 0 Å². The van der Waals surface area contributed by atoms with E-state index in [2.05, 4.69) is 15.2 Å². The van der Waals surface area contributed by atoms with Gasteiger partial charge in [-0.2, -0.15) is 18.3 Å². The first kappa shape index (κ1) is 27.8. The summed E-state index contributed by atoms with van der Waals surface area (Å²) in [5, 5.41) is 15.2. The third-order valence-electron chi connectivity index (χ3n) is 6.34. The van der Waals surface area contributed by atoms with Crippen LogP contribution in [-0.4, -0.2) is 59.8 Å². The zero-order valence-electron chi connectivity index (χ0n) is 20.3. The molecule has 1 fully saturated rings. The molecule has 1 saturated carbocycles. The van der Waals surface area contributed by atoms with E-state index in [0.717, 1.165) is 4.31 Å².